The summed E-state index contributed by atoms with van der Waals surface area (Å²) < 4.78 is 5.19. The average molecular weight is 292 g/mol. The third kappa shape index (κ3) is 5.12. The van der Waals surface area contributed by atoms with Gasteiger partial charge in [-0.15, -0.1) is 0 Å². The second kappa shape index (κ2) is 8.12. The zero-order valence-electron chi connectivity index (χ0n) is 12.5. The normalized spacial score (nSPS) is 18.3. The number of aromatic carboxylic acids is 1. The van der Waals surface area contributed by atoms with E-state index in [1.807, 2.05) is 12.1 Å². The van der Waals surface area contributed by atoms with Gasteiger partial charge < -0.3 is 15.2 Å². The van der Waals surface area contributed by atoms with Crippen LogP contribution in [-0.4, -0.2) is 55.4 Å². The van der Waals surface area contributed by atoms with E-state index in [2.05, 4.69) is 10.2 Å². The maximum atomic E-state index is 10.9. The van der Waals surface area contributed by atoms with E-state index in [9.17, 15) is 4.79 Å². The Morgan fingerprint density at radius 3 is 2.76 bits per heavy atom. The molecule has 1 saturated heterocycles. The van der Waals surface area contributed by atoms with E-state index < -0.39 is 5.97 Å². The van der Waals surface area contributed by atoms with E-state index in [0.717, 1.165) is 31.7 Å². The first kappa shape index (κ1) is 15.9. The Kier molecular flexibility index (Phi) is 6.17. The molecule has 0 aromatic heterocycles. The van der Waals surface area contributed by atoms with Gasteiger partial charge in [-0.3, -0.25) is 4.90 Å². The summed E-state index contributed by atoms with van der Waals surface area (Å²) in [6.07, 6.45) is 2.47. The molecule has 0 saturated carbocycles. The summed E-state index contributed by atoms with van der Waals surface area (Å²) in [5.74, 6) is -0.882. The topological polar surface area (TPSA) is 61.8 Å². The van der Waals surface area contributed by atoms with Crippen LogP contribution >= 0.6 is 0 Å². The van der Waals surface area contributed by atoms with E-state index in [-0.39, 0.29) is 0 Å². The zero-order valence-corrected chi connectivity index (χ0v) is 12.5. The molecule has 21 heavy (non-hydrogen) atoms. The number of carboxylic acid groups (broad SMARTS) is 1. The van der Waals surface area contributed by atoms with E-state index in [4.69, 9.17) is 9.84 Å². The van der Waals surface area contributed by atoms with Crippen LogP contribution in [0.2, 0.25) is 0 Å². The predicted molar refractivity (Wildman–Crippen MR) is 81.6 cm³/mol. The zero-order chi connectivity index (χ0) is 15.1. The number of hydrogen-bond donors (Lipinski definition) is 2. The molecule has 1 aromatic rings. The average Bonchev–Trinajstić information content (AvgIpc) is 2.98. The van der Waals surface area contributed by atoms with Crippen molar-refractivity contribution in [2.24, 2.45) is 0 Å². The highest BCUT2D eigenvalue weighted by atomic mass is 16.5. The Hall–Kier alpha value is -1.43. The van der Waals surface area contributed by atoms with Crippen molar-refractivity contribution in [2.45, 2.75) is 25.4 Å². The molecule has 1 unspecified atom stereocenters. The molecule has 0 aliphatic carbocycles. The lowest BCUT2D eigenvalue weighted by Crippen LogP contribution is -2.38. The molecule has 2 N–H and O–H groups in total. The van der Waals surface area contributed by atoms with Gasteiger partial charge in [-0.1, -0.05) is 12.1 Å². The highest BCUT2D eigenvalue weighted by Crippen LogP contribution is 2.11. The largest absolute Gasteiger partial charge is 0.478 e. The van der Waals surface area contributed by atoms with Crippen molar-refractivity contribution < 1.29 is 14.6 Å². The Bertz CT molecular complexity index is 441. The summed E-state index contributed by atoms with van der Waals surface area (Å²) in [6.45, 7) is 4.52. The van der Waals surface area contributed by atoms with Gasteiger partial charge in [-0.2, -0.15) is 0 Å². The quantitative estimate of drug-likeness (QED) is 0.762. The highest BCUT2D eigenvalue weighted by Gasteiger charge is 2.18. The molecule has 0 spiro atoms. The van der Waals surface area contributed by atoms with Gasteiger partial charge in [0.25, 0.3) is 0 Å². The molecule has 0 bridgehead atoms. The maximum Gasteiger partial charge on any atom is 0.335 e. The number of nitrogens with one attached hydrogen (secondary N) is 1. The van der Waals surface area contributed by atoms with Crippen molar-refractivity contribution in [3.8, 4) is 0 Å². The van der Waals surface area contributed by atoms with Crippen LogP contribution in [0.5, 0.6) is 0 Å². The number of methoxy groups -OCH3 is 1. The van der Waals surface area contributed by atoms with Gasteiger partial charge in [0.2, 0.25) is 0 Å². The van der Waals surface area contributed by atoms with Crippen LogP contribution < -0.4 is 5.32 Å². The Labute approximate surface area is 125 Å². The summed E-state index contributed by atoms with van der Waals surface area (Å²) in [4.78, 5) is 13.2. The minimum absolute atomic E-state index is 0.333. The first-order valence-electron chi connectivity index (χ1n) is 7.46. The number of ether oxygens (including phenoxy) is 1. The first-order valence-corrected chi connectivity index (χ1v) is 7.46. The second-order valence-electron chi connectivity index (χ2n) is 5.52. The summed E-state index contributed by atoms with van der Waals surface area (Å²) in [5.41, 5.74) is 1.47. The molecule has 1 fully saturated rings. The Morgan fingerprint density at radius 2 is 2.19 bits per heavy atom. The van der Waals surface area contributed by atoms with Crippen LogP contribution in [-0.2, 0) is 11.3 Å². The fourth-order valence-electron chi connectivity index (χ4n) is 2.69. The molecule has 1 aliphatic rings. The van der Waals surface area contributed by atoms with Crippen molar-refractivity contribution in [3.63, 3.8) is 0 Å². The molecule has 0 amide bonds. The third-order valence-electron chi connectivity index (χ3n) is 3.86. The number of nitrogens with zero attached hydrogens (tertiary/aromatic N) is 1. The predicted octanol–water partition coefficient (Wildman–Crippen LogP) is 1.59. The van der Waals surface area contributed by atoms with Crippen LogP contribution in [0.15, 0.2) is 24.3 Å². The summed E-state index contributed by atoms with van der Waals surface area (Å²) >= 11 is 0. The lowest BCUT2D eigenvalue weighted by molar-refractivity contribution is 0.0697. The number of rotatable bonds is 8. The number of carboxylic acids is 1. The summed E-state index contributed by atoms with van der Waals surface area (Å²) in [5, 5.41) is 12.4. The van der Waals surface area contributed by atoms with Gasteiger partial charge in [-0.25, -0.2) is 4.79 Å². The molecule has 1 aliphatic heterocycles. The first-order chi connectivity index (χ1) is 10.2. The minimum Gasteiger partial charge on any atom is -0.478 e. The van der Waals surface area contributed by atoms with Gasteiger partial charge in [0.05, 0.1) is 12.2 Å². The molecule has 5 heteroatoms. The highest BCUT2D eigenvalue weighted by molar-refractivity contribution is 5.87. The van der Waals surface area contributed by atoms with Crippen molar-refractivity contribution >= 4 is 5.97 Å². The molecular formula is C16H24N2O3. The van der Waals surface area contributed by atoms with Gasteiger partial charge in [-0.05, 0) is 37.1 Å². The van der Waals surface area contributed by atoms with Gasteiger partial charge in [0, 0.05) is 32.8 Å². The molecule has 1 aromatic carbocycles. The molecule has 0 radical (unpaired) electrons. The maximum absolute atomic E-state index is 10.9. The smallest absolute Gasteiger partial charge is 0.335 e. The van der Waals surface area contributed by atoms with Crippen LogP contribution in [0.3, 0.4) is 0 Å². The van der Waals surface area contributed by atoms with E-state index >= 15 is 0 Å². The van der Waals surface area contributed by atoms with Crippen molar-refractivity contribution in [1.29, 1.82) is 0 Å². The Balaban J connectivity index is 1.94. The standard InChI is InChI=1S/C16H24N2O3/c1-21-10-9-18(12-15-3-2-8-17-15)11-13-4-6-14(7-5-13)16(19)20/h4-7,15,17H,2-3,8-12H2,1H3,(H,19,20). The molecule has 1 atom stereocenters. The second-order valence-corrected chi connectivity index (χ2v) is 5.52. The number of benzene rings is 1. The van der Waals surface area contributed by atoms with Crippen LogP contribution in [0.4, 0.5) is 0 Å². The van der Waals surface area contributed by atoms with Gasteiger partial charge in [0.1, 0.15) is 0 Å². The van der Waals surface area contributed by atoms with E-state index in [1.165, 1.54) is 12.8 Å². The SMILES string of the molecule is COCCN(Cc1ccc(C(=O)O)cc1)CC1CCCN1. The fourth-order valence-corrected chi connectivity index (χ4v) is 2.69. The molecule has 1 heterocycles. The van der Waals surface area contributed by atoms with Crippen LogP contribution in [0, 0.1) is 0 Å². The number of hydrogen-bond acceptors (Lipinski definition) is 4. The van der Waals surface area contributed by atoms with Crippen molar-refractivity contribution in [3.05, 3.63) is 35.4 Å². The minimum atomic E-state index is -0.882. The van der Waals surface area contributed by atoms with E-state index in [1.54, 1.807) is 19.2 Å². The molecular weight excluding hydrogens is 268 g/mol. The molecule has 2 rings (SSSR count). The van der Waals surface area contributed by atoms with Crippen LogP contribution in [0.1, 0.15) is 28.8 Å². The summed E-state index contributed by atoms with van der Waals surface area (Å²) in [7, 11) is 1.72. The van der Waals surface area contributed by atoms with Gasteiger partial charge in [0.15, 0.2) is 0 Å². The van der Waals surface area contributed by atoms with Crippen molar-refractivity contribution in [2.75, 3.05) is 33.4 Å². The fraction of sp³-hybridized carbons (Fsp3) is 0.562. The van der Waals surface area contributed by atoms with E-state index in [0.29, 0.717) is 18.2 Å². The van der Waals surface area contributed by atoms with Crippen LogP contribution in [0.25, 0.3) is 0 Å². The molecule has 116 valence electrons. The Morgan fingerprint density at radius 1 is 1.43 bits per heavy atom. The molecule has 5 nitrogen and oxygen atoms in total. The third-order valence-corrected chi connectivity index (χ3v) is 3.86. The lowest BCUT2D eigenvalue weighted by Gasteiger charge is -2.25. The van der Waals surface area contributed by atoms with Crippen molar-refractivity contribution in [1.82, 2.24) is 10.2 Å². The lowest BCUT2D eigenvalue weighted by atomic mass is 10.1. The monoisotopic (exact) mass is 292 g/mol. The summed E-state index contributed by atoms with van der Waals surface area (Å²) in [6, 6.07) is 7.68. The van der Waals surface area contributed by atoms with Gasteiger partial charge >= 0.3 is 5.97 Å². The number of carbonyl (C=O) groups is 1.